The van der Waals surface area contributed by atoms with E-state index in [1.807, 2.05) is 30.3 Å². The van der Waals surface area contributed by atoms with Gasteiger partial charge in [-0.25, -0.2) is 4.79 Å². The van der Waals surface area contributed by atoms with Gasteiger partial charge >= 0.3 is 5.97 Å². The monoisotopic (exact) mass is 384 g/mol. The van der Waals surface area contributed by atoms with E-state index in [1.165, 1.54) is 32.0 Å². The van der Waals surface area contributed by atoms with Gasteiger partial charge in [0.25, 0.3) is 11.6 Å². The van der Waals surface area contributed by atoms with Gasteiger partial charge in [-0.1, -0.05) is 36.4 Å². The molecule has 0 unspecified atom stereocenters. The quantitative estimate of drug-likeness (QED) is 0.424. The molecular formula is C20H20N2O6. The van der Waals surface area contributed by atoms with E-state index in [2.05, 4.69) is 5.32 Å². The van der Waals surface area contributed by atoms with E-state index in [-0.39, 0.29) is 22.6 Å². The highest BCUT2D eigenvalue weighted by Gasteiger charge is 2.21. The van der Waals surface area contributed by atoms with E-state index in [9.17, 15) is 24.5 Å². The van der Waals surface area contributed by atoms with Crippen molar-refractivity contribution in [3.05, 3.63) is 75.3 Å². The number of carbonyl (C=O) groups is 3. The lowest BCUT2D eigenvalue weighted by atomic mass is 10.0. The largest absolute Gasteiger partial charge is 0.452 e. The summed E-state index contributed by atoms with van der Waals surface area (Å²) in [6.07, 6.45) is 0.319. The standard InChI is InChI=1S/C20H20N2O6/c1-13-16(9-6-10-18(13)22(26)27)20(25)28-12-19(24)21-17(14(2)23)11-15-7-4-3-5-8-15/h3-10,17H,11-12H2,1-2H3,(H,21,24)/t17-/m0/s1. The number of Topliss-reactive ketones (excluding diaryl/α,β-unsaturated/α-hetero) is 1. The van der Waals surface area contributed by atoms with Gasteiger partial charge in [0, 0.05) is 11.6 Å². The molecular weight excluding hydrogens is 364 g/mol. The number of nitrogens with one attached hydrogen (secondary N) is 1. The number of amides is 1. The van der Waals surface area contributed by atoms with E-state index in [1.54, 1.807) is 0 Å². The number of nitro benzene ring substituents is 1. The van der Waals surface area contributed by atoms with Gasteiger partial charge in [0.15, 0.2) is 12.4 Å². The fourth-order valence-corrected chi connectivity index (χ4v) is 2.63. The predicted octanol–water partition coefficient (Wildman–Crippen LogP) is 2.38. The zero-order valence-electron chi connectivity index (χ0n) is 15.5. The maximum Gasteiger partial charge on any atom is 0.339 e. The molecule has 0 fully saturated rings. The van der Waals surface area contributed by atoms with Crippen LogP contribution in [0, 0.1) is 17.0 Å². The first-order valence-electron chi connectivity index (χ1n) is 8.54. The summed E-state index contributed by atoms with van der Waals surface area (Å²) in [5.74, 6) is -1.70. The zero-order valence-corrected chi connectivity index (χ0v) is 15.5. The minimum Gasteiger partial charge on any atom is -0.452 e. The first-order chi connectivity index (χ1) is 13.3. The Labute approximate surface area is 161 Å². The minimum absolute atomic E-state index is 0.00871. The highest BCUT2D eigenvalue weighted by molar-refractivity contribution is 5.94. The van der Waals surface area contributed by atoms with E-state index in [0.29, 0.717) is 6.42 Å². The lowest BCUT2D eigenvalue weighted by molar-refractivity contribution is -0.385. The number of hydrogen-bond donors (Lipinski definition) is 1. The first-order valence-corrected chi connectivity index (χ1v) is 8.54. The molecule has 2 rings (SSSR count). The van der Waals surface area contributed by atoms with Crippen LogP contribution < -0.4 is 5.32 Å². The summed E-state index contributed by atoms with van der Waals surface area (Å²) in [7, 11) is 0. The van der Waals surface area contributed by atoms with Crippen LogP contribution in [0.3, 0.4) is 0 Å². The number of hydrogen-bond acceptors (Lipinski definition) is 6. The normalized spacial score (nSPS) is 11.4. The maximum atomic E-state index is 12.2. The van der Waals surface area contributed by atoms with E-state index in [4.69, 9.17) is 4.74 Å². The summed E-state index contributed by atoms with van der Waals surface area (Å²) in [6.45, 7) is 2.20. The van der Waals surface area contributed by atoms with Crippen molar-refractivity contribution < 1.29 is 24.0 Å². The third-order valence-corrected chi connectivity index (χ3v) is 4.16. The molecule has 0 saturated carbocycles. The molecule has 1 N–H and O–H groups in total. The molecule has 0 aromatic heterocycles. The summed E-state index contributed by atoms with van der Waals surface area (Å²) >= 11 is 0. The Hall–Kier alpha value is -3.55. The maximum absolute atomic E-state index is 12.2. The van der Waals surface area contributed by atoms with Crippen LogP contribution in [0.15, 0.2) is 48.5 Å². The van der Waals surface area contributed by atoms with Crippen molar-refractivity contribution >= 4 is 23.3 Å². The van der Waals surface area contributed by atoms with Crippen molar-refractivity contribution in [2.75, 3.05) is 6.61 Å². The number of ether oxygens (including phenoxy) is 1. The van der Waals surface area contributed by atoms with Gasteiger partial charge in [-0.15, -0.1) is 0 Å². The zero-order chi connectivity index (χ0) is 20.7. The Bertz CT molecular complexity index is 895. The number of rotatable bonds is 8. The third kappa shape index (κ3) is 5.47. The SMILES string of the molecule is CC(=O)[C@H](Cc1ccccc1)NC(=O)COC(=O)c1cccc([N+](=O)[O-])c1C. The molecule has 28 heavy (non-hydrogen) atoms. The minimum atomic E-state index is -0.848. The number of ketones is 1. The summed E-state index contributed by atoms with van der Waals surface area (Å²) in [4.78, 5) is 46.4. The summed E-state index contributed by atoms with van der Waals surface area (Å²) in [6, 6.07) is 12.5. The van der Waals surface area contributed by atoms with Crippen molar-refractivity contribution in [1.29, 1.82) is 0 Å². The number of benzene rings is 2. The summed E-state index contributed by atoms with van der Waals surface area (Å²) in [5.41, 5.74) is 0.837. The van der Waals surface area contributed by atoms with E-state index < -0.39 is 29.4 Å². The average molecular weight is 384 g/mol. The molecule has 146 valence electrons. The predicted molar refractivity (Wildman–Crippen MR) is 101 cm³/mol. The molecule has 1 amide bonds. The van der Waals surface area contributed by atoms with Crippen LogP contribution in [0.25, 0.3) is 0 Å². The number of esters is 1. The number of nitro groups is 1. The van der Waals surface area contributed by atoms with Crippen LogP contribution in [-0.2, 0) is 20.7 Å². The molecule has 8 heteroatoms. The second-order valence-electron chi connectivity index (χ2n) is 6.20. The van der Waals surface area contributed by atoms with Crippen molar-refractivity contribution in [2.45, 2.75) is 26.3 Å². The van der Waals surface area contributed by atoms with Crippen LogP contribution in [0.5, 0.6) is 0 Å². The van der Waals surface area contributed by atoms with Crippen molar-refractivity contribution in [1.82, 2.24) is 5.32 Å². The molecule has 0 radical (unpaired) electrons. The van der Waals surface area contributed by atoms with Gasteiger partial charge in [0.1, 0.15) is 0 Å². The summed E-state index contributed by atoms with van der Waals surface area (Å²) in [5, 5.41) is 13.5. The topological polar surface area (TPSA) is 116 Å². The molecule has 0 heterocycles. The second-order valence-corrected chi connectivity index (χ2v) is 6.20. The molecule has 1 atom stereocenters. The first kappa shape index (κ1) is 20.8. The van der Waals surface area contributed by atoms with Gasteiger partial charge in [-0.3, -0.25) is 19.7 Å². The molecule has 0 saturated heterocycles. The van der Waals surface area contributed by atoms with Crippen LogP contribution in [0.1, 0.15) is 28.4 Å². The van der Waals surface area contributed by atoms with Gasteiger partial charge in [-0.05, 0) is 31.9 Å². The second kappa shape index (κ2) is 9.40. The molecule has 2 aromatic carbocycles. The molecule has 0 bridgehead atoms. The Kier molecular flexibility index (Phi) is 6.97. The van der Waals surface area contributed by atoms with E-state index in [0.717, 1.165) is 5.56 Å². The third-order valence-electron chi connectivity index (χ3n) is 4.16. The highest BCUT2D eigenvalue weighted by Crippen LogP contribution is 2.21. The summed E-state index contributed by atoms with van der Waals surface area (Å²) < 4.78 is 4.95. The molecule has 0 aliphatic heterocycles. The number of carbonyl (C=O) groups excluding carboxylic acids is 3. The van der Waals surface area contributed by atoms with Gasteiger partial charge in [0.05, 0.1) is 16.5 Å². The molecule has 2 aromatic rings. The Balaban J connectivity index is 1.97. The van der Waals surface area contributed by atoms with E-state index >= 15 is 0 Å². The molecule has 8 nitrogen and oxygen atoms in total. The van der Waals surface area contributed by atoms with Gasteiger partial charge in [0.2, 0.25) is 0 Å². The average Bonchev–Trinajstić information content (AvgIpc) is 2.66. The molecule has 0 spiro atoms. The number of nitrogens with zero attached hydrogens (tertiary/aromatic N) is 1. The Morgan fingerprint density at radius 3 is 2.39 bits per heavy atom. The lowest BCUT2D eigenvalue weighted by Gasteiger charge is -2.16. The Morgan fingerprint density at radius 1 is 1.11 bits per heavy atom. The fourth-order valence-electron chi connectivity index (χ4n) is 2.63. The van der Waals surface area contributed by atoms with Crippen molar-refractivity contribution in [2.24, 2.45) is 0 Å². The van der Waals surface area contributed by atoms with Gasteiger partial charge < -0.3 is 10.1 Å². The lowest BCUT2D eigenvalue weighted by Crippen LogP contribution is -2.43. The Morgan fingerprint density at radius 2 is 1.79 bits per heavy atom. The highest BCUT2D eigenvalue weighted by atomic mass is 16.6. The van der Waals surface area contributed by atoms with Crippen LogP contribution in [-0.4, -0.2) is 35.2 Å². The smallest absolute Gasteiger partial charge is 0.339 e. The fraction of sp³-hybridized carbons (Fsp3) is 0.250. The van der Waals surface area contributed by atoms with Gasteiger partial charge in [-0.2, -0.15) is 0 Å². The van der Waals surface area contributed by atoms with Crippen LogP contribution >= 0.6 is 0 Å². The van der Waals surface area contributed by atoms with Crippen LogP contribution in [0.2, 0.25) is 0 Å². The molecule has 0 aliphatic carbocycles. The molecule has 0 aliphatic rings. The van der Waals surface area contributed by atoms with Crippen LogP contribution in [0.4, 0.5) is 5.69 Å². The van der Waals surface area contributed by atoms with Crippen molar-refractivity contribution in [3.63, 3.8) is 0 Å². The van der Waals surface area contributed by atoms with Crippen molar-refractivity contribution in [3.8, 4) is 0 Å².